The van der Waals surface area contributed by atoms with Crippen molar-refractivity contribution in [1.29, 1.82) is 0 Å². The molecule has 0 radical (unpaired) electrons. The lowest BCUT2D eigenvalue weighted by atomic mass is 9.72. The normalized spacial score (nSPS) is 39.9. The van der Waals surface area contributed by atoms with Gasteiger partial charge in [-0.25, -0.2) is 0 Å². The van der Waals surface area contributed by atoms with Gasteiger partial charge in [0.2, 0.25) is 0 Å². The van der Waals surface area contributed by atoms with Crippen molar-refractivity contribution < 1.29 is 76.8 Å². The summed E-state index contributed by atoms with van der Waals surface area (Å²) in [7, 11) is 8.39. The van der Waals surface area contributed by atoms with Crippen molar-refractivity contribution in [3.8, 4) is 11.5 Å². The average Bonchev–Trinajstić information content (AvgIpc) is 4.09. The molecule has 1 amide bonds. The van der Waals surface area contributed by atoms with Crippen LogP contribution in [0.15, 0.2) is 42.7 Å². The van der Waals surface area contributed by atoms with Crippen molar-refractivity contribution in [2.45, 2.75) is 187 Å². The van der Waals surface area contributed by atoms with Crippen LogP contribution in [0.4, 0.5) is 5.69 Å². The van der Waals surface area contributed by atoms with Crippen molar-refractivity contribution >= 4 is 63.7 Å². The fraction of sp³-hybridized carbons (Fsp3) is 0.737. The van der Waals surface area contributed by atoms with Crippen LogP contribution in [0.5, 0.6) is 11.5 Å². The predicted octanol–water partition coefficient (Wildman–Crippen LogP) is 6.78. The van der Waals surface area contributed by atoms with E-state index in [1.54, 1.807) is 77.3 Å². The van der Waals surface area contributed by atoms with E-state index in [0.717, 1.165) is 25.7 Å². The van der Waals surface area contributed by atoms with Crippen LogP contribution in [0, 0.1) is 29.6 Å². The molecule has 2 N–H and O–H groups in total. The Bertz CT molecular complexity index is 2420. The van der Waals surface area contributed by atoms with E-state index in [1.165, 1.54) is 25.1 Å². The Morgan fingerprint density at radius 2 is 1.60 bits per heavy atom. The van der Waals surface area contributed by atoms with Gasteiger partial charge in [-0.05, 0) is 127 Å². The number of thioether (sulfide) groups is 1. The Balaban J connectivity index is 1.14. The number of aliphatic hydroxyl groups excluding tert-OH is 2. The van der Waals surface area contributed by atoms with E-state index in [-0.39, 0.29) is 49.4 Å². The van der Waals surface area contributed by atoms with Crippen LogP contribution in [0.3, 0.4) is 0 Å². The topological polar surface area (TPSA) is 220 Å². The van der Waals surface area contributed by atoms with Gasteiger partial charge in [-0.3, -0.25) is 24.2 Å². The van der Waals surface area contributed by atoms with E-state index in [9.17, 15) is 24.6 Å². The number of ketones is 1. The van der Waals surface area contributed by atoms with E-state index in [0.29, 0.717) is 29.2 Å². The highest BCUT2D eigenvalue weighted by atomic mass is 127. The van der Waals surface area contributed by atoms with E-state index >= 15 is 4.79 Å². The van der Waals surface area contributed by atoms with Gasteiger partial charge < -0.3 is 67.4 Å². The molecule has 2 aromatic rings. The number of likely N-dealkylation sites (N-methyl/N-ethyl adjacent to an activating group) is 1. The molecule has 5 saturated heterocycles. The molecule has 6 fully saturated rings. The van der Waals surface area contributed by atoms with Crippen LogP contribution < -0.4 is 14.4 Å². The van der Waals surface area contributed by atoms with Gasteiger partial charge in [-0.1, -0.05) is 20.8 Å². The SMILES string of the molecule is COc1ccc(N(CCS[C@@H]2C(=O)O[C@@]3(C)[C@H]2[C@@H](C)C(=O)[C@H](C)C[C@@](C)(OC)[C@@H]2O[C@@H]4O[C@H](C[C@@H]5O[C@H](C[C@@](C)(OC)[C@H]5O)O[C@@H]([C@@H]2C)[C@@H](C)C(=O)O[C@@H]3I)C[C@H](N(C)C)[C@H]4O)C(=O)c2cccnc2)cc1OC1CCCC1. The largest absolute Gasteiger partial charge is 0.493 e. The number of methoxy groups -OCH3 is 3. The van der Waals surface area contributed by atoms with Crippen molar-refractivity contribution in [3.63, 3.8) is 0 Å². The first-order valence-electron chi connectivity index (χ1n) is 27.5. The second kappa shape index (κ2) is 25.1. The number of nitrogens with zero attached hydrogens (tertiary/aromatic N) is 3. The fourth-order valence-electron chi connectivity index (χ4n) is 13.0. The number of halogens is 1. The number of amides is 1. The number of hydrogen-bond donors (Lipinski definition) is 2. The number of pyridine rings is 1. The lowest BCUT2D eigenvalue weighted by Crippen LogP contribution is -2.63. The van der Waals surface area contributed by atoms with Crippen LogP contribution in [0.2, 0.25) is 0 Å². The molecule has 78 heavy (non-hydrogen) atoms. The third kappa shape index (κ3) is 12.4. The molecule has 1 saturated carbocycles. The summed E-state index contributed by atoms with van der Waals surface area (Å²) in [6.07, 6.45) is 0.0515. The van der Waals surface area contributed by atoms with Crippen molar-refractivity contribution in [2.75, 3.05) is 52.6 Å². The maximum Gasteiger partial charge on any atom is 0.320 e. The third-order valence-electron chi connectivity index (χ3n) is 17.7. The molecular weight excluding hydrogens is 1140 g/mol. The van der Waals surface area contributed by atoms with Gasteiger partial charge >= 0.3 is 11.9 Å². The van der Waals surface area contributed by atoms with E-state index < -0.39 is 123 Å². The number of aromatic nitrogens is 1. The lowest BCUT2D eigenvalue weighted by molar-refractivity contribution is -0.339. The smallest absolute Gasteiger partial charge is 0.320 e. The van der Waals surface area contributed by atoms with Crippen LogP contribution in [-0.2, 0) is 52.3 Å². The first-order valence-corrected chi connectivity index (χ1v) is 29.8. The Morgan fingerprint density at radius 3 is 2.26 bits per heavy atom. The van der Waals surface area contributed by atoms with Crippen LogP contribution >= 0.6 is 34.4 Å². The van der Waals surface area contributed by atoms with Crippen molar-refractivity contribution in [2.24, 2.45) is 29.6 Å². The van der Waals surface area contributed by atoms with Gasteiger partial charge in [0, 0.05) is 93.2 Å². The average molecular weight is 1220 g/mol. The quantitative estimate of drug-likeness (QED) is 0.127. The minimum Gasteiger partial charge on any atom is -0.493 e. The molecule has 19 atom stereocenters. The monoisotopic (exact) mass is 1220 g/mol. The lowest BCUT2D eigenvalue weighted by Gasteiger charge is -2.52. The number of aliphatic hydroxyl groups is 2. The maximum absolute atomic E-state index is 15.3. The number of fused-ring (bicyclic) bond motifs is 7. The van der Waals surface area contributed by atoms with E-state index in [4.69, 9.17) is 47.4 Å². The minimum atomic E-state index is -1.52. The van der Waals surface area contributed by atoms with Crippen LogP contribution in [0.25, 0.3) is 0 Å². The summed E-state index contributed by atoms with van der Waals surface area (Å²) >= 11 is 3.26. The van der Waals surface area contributed by atoms with Crippen molar-refractivity contribution in [1.82, 2.24) is 9.88 Å². The molecule has 6 heterocycles. The molecule has 1 aliphatic carbocycles. The van der Waals surface area contributed by atoms with Gasteiger partial charge in [-0.2, -0.15) is 0 Å². The number of hydrogen-bond acceptors (Lipinski definition) is 19. The van der Waals surface area contributed by atoms with Gasteiger partial charge in [0.15, 0.2) is 33.8 Å². The molecule has 434 valence electrons. The fourth-order valence-corrected chi connectivity index (χ4v) is 15.2. The first-order chi connectivity index (χ1) is 37.0. The molecule has 6 aliphatic rings. The second-order valence-electron chi connectivity index (χ2n) is 23.2. The number of esters is 2. The minimum absolute atomic E-state index is 0.0225. The van der Waals surface area contributed by atoms with Gasteiger partial charge in [0.1, 0.15) is 23.2 Å². The molecule has 8 rings (SSSR count). The summed E-state index contributed by atoms with van der Waals surface area (Å²) < 4.78 is 63.6. The summed E-state index contributed by atoms with van der Waals surface area (Å²) in [5, 5.41) is 22.9. The Labute approximate surface area is 477 Å². The highest BCUT2D eigenvalue weighted by molar-refractivity contribution is 14.1. The first kappa shape index (κ1) is 60.9. The van der Waals surface area contributed by atoms with Crippen LogP contribution in [0.1, 0.15) is 110 Å². The third-order valence-corrected chi connectivity index (χ3v) is 20.5. The molecule has 0 spiro atoms. The summed E-state index contributed by atoms with van der Waals surface area (Å²) in [5.41, 5.74) is -3.03. The van der Waals surface area contributed by atoms with E-state index in [2.05, 4.69) is 4.98 Å². The second-order valence-corrected chi connectivity index (χ2v) is 25.6. The zero-order chi connectivity index (χ0) is 56.6. The van der Waals surface area contributed by atoms with Gasteiger partial charge in [0.25, 0.3) is 5.91 Å². The van der Waals surface area contributed by atoms with E-state index in [1.807, 2.05) is 68.4 Å². The number of rotatable bonds is 12. The summed E-state index contributed by atoms with van der Waals surface area (Å²) in [5.74, 6) is -4.65. The molecule has 6 bridgehead atoms. The number of Topliss-reactive ketones (excluding diaryl/α,β-unsaturated/α-hetero) is 1. The highest BCUT2D eigenvalue weighted by Gasteiger charge is 2.62. The maximum atomic E-state index is 15.3. The Morgan fingerprint density at radius 1 is 0.885 bits per heavy atom. The molecule has 1 aromatic carbocycles. The number of alkyl halides is 1. The number of carbonyl (C=O) groups is 4. The van der Waals surface area contributed by atoms with Gasteiger partial charge in [0.05, 0.1) is 60.3 Å². The highest BCUT2D eigenvalue weighted by Crippen LogP contribution is 2.51. The van der Waals surface area contributed by atoms with Crippen LogP contribution in [-0.4, -0.2) is 179 Å². The molecule has 5 aliphatic heterocycles. The van der Waals surface area contributed by atoms with Crippen molar-refractivity contribution in [3.05, 3.63) is 48.3 Å². The summed E-state index contributed by atoms with van der Waals surface area (Å²) in [6.45, 7) is 12.7. The number of ether oxygens (including phenoxy) is 10. The predicted molar refractivity (Wildman–Crippen MR) is 297 cm³/mol. The summed E-state index contributed by atoms with van der Waals surface area (Å²) in [4.78, 5) is 67.1. The molecule has 19 nitrogen and oxygen atoms in total. The number of cyclic esters (lactones) is 1. The zero-order valence-corrected chi connectivity index (χ0v) is 50.1. The molecule has 1 aromatic heterocycles. The molecular formula is C57H82IN3O16S. The van der Waals surface area contributed by atoms with Gasteiger partial charge in [-0.15, -0.1) is 11.8 Å². The molecule has 0 unspecified atom stereocenters. The zero-order valence-electron chi connectivity index (χ0n) is 47.2. The number of benzene rings is 1. The molecule has 21 heteroatoms. The number of anilines is 1. The summed E-state index contributed by atoms with van der Waals surface area (Å²) in [6, 6.07) is 8.35. The Hall–Kier alpha value is -3.23. The number of carbonyl (C=O) groups excluding carboxylic acids is 4. The standard InChI is InChI=1S/C57H82IN3O16S/c1-30-27-56(6,70-12)49-32(3)46(74-42-28-55(5,69-11)48(64)41(73-42)26-37-25-38(60(8)9)45(63)53(72-37)75-49)33(4)51(66)76-54(58)57(7)43(31(2)44(30)62)47(52(67)77-57)78-23-22-61(50(65)34-16-15-21-59-29-34)35-19-20-39(68-10)40(24-35)71-36-17-13-14-18-36/h15-16,19-21,24,29-33,36-38,41-43,45-49,53-54,63-64H,13-14,17-18,22-23,25-28H2,1-12H3/t30-,31-,32+,33-,37+,38+,41+,42+,43+,45-,46+,47+,48+,49-,53+,54+,55-,56-,57+/m1/s1. The Kier molecular flexibility index (Phi) is 19.6.